The summed E-state index contributed by atoms with van der Waals surface area (Å²) in [5.41, 5.74) is 1.58. The Morgan fingerprint density at radius 1 is 1.32 bits per heavy atom. The lowest BCUT2D eigenvalue weighted by Crippen LogP contribution is -2.03. The van der Waals surface area contributed by atoms with Gasteiger partial charge in [0.25, 0.3) is 0 Å². The van der Waals surface area contributed by atoms with E-state index < -0.39 is 0 Å². The highest BCUT2D eigenvalue weighted by Gasteiger charge is 2.29. The summed E-state index contributed by atoms with van der Waals surface area (Å²) in [7, 11) is 1.81. The monoisotopic (exact) mass is 322 g/mol. The van der Waals surface area contributed by atoms with Crippen LogP contribution in [0.15, 0.2) is 22.8 Å². The number of nitrogens with zero attached hydrogens (tertiary/aromatic N) is 3. The zero-order valence-corrected chi connectivity index (χ0v) is 11.9. The quantitative estimate of drug-likeness (QED) is 0.941. The topological polar surface area (TPSA) is 50.7 Å². The average molecular weight is 323 g/mol. The highest BCUT2D eigenvalue weighted by molar-refractivity contribution is 9.10. The maximum absolute atomic E-state index is 12.9. The van der Waals surface area contributed by atoms with Gasteiger partial charge in [-0.15, -0.1) is 0 Å². The van der Waals surface area contributed by atoms with E-state index in [-0.39, 0.29) is 5.82 Å². The first-order chi connectivity index (χ1) is 9.19. The summed E-state index contributed by atoms with van der Waals surface area (Å²) in [6.07, 6.45) is 3.47. The summed E-state index contributed by atoms with van der Waals surface area (Å²) >= 11 is 3.53. The summed E-state index contributed by atoms with van der Waals surface area (Å²) < 4.78 is 13.8. The molecular formula is C13H12BrFN4. The Labute approximate surface area is 118 Å². The lowest BCUT2D eigenvalue weighted by molar-refractivity contribution is 0.621. The minimum atomic E-state index is -0.364. The number of hydrogen-bond acceptors (Lipinski definition) is 4. The van der Waals surface area contributed by atoms with E-state index in [1.165, 1.54) is 12.3 Å². The smallest absolute Gasteiger partial charge is 0.180 e. The fraction of sp³-hybridized carbons (Fsp3) is 0.308. The summed E-state index contributed by atoms with van der Waals surface area (Å²) in [6.45, 7) is 0. The van der Waals surface area contributed by atoms with Crippen LogP contribution in [0.2, 0.25) is 0 Å². The molecule has 0 unspecified atom stereocenters. The van der Waals surface area contributed by atoms with E-state index in [0.29, 0.717) is 17.4 Å². The standard InChI is InChI=1S/C13H12BrFN4/c1-16-13-10(14)11(7-2-3-7)18-12(19-13)9-5-4-8(15)6-17-9/h4-7H,2-3H2,1H3,(H,16,18,19). The van der Waals surface area contributed by atoms with Crippen molar-refractivity contribution in [3.05, 3.63) is 34.3 Å². The zero-order chi connectivity index (χ0) is 13.4. The van der Waals surface area contributed by atoms with E-state index in [4.69, 9.17) is 0 Å². The molecule has 0 atom stereocenters. The molecule has 0 amide bonds. The Morgan fingerprint density at radius 3 is 2.68 bits per heavy atom. The third-order valence-corrected chi connectivity index (χ3v) is 3.82. The van der Waals surface area contributed by atoms with Crippen LogP contribution in [0, 0.1) is 5.82 Å². The Morgan fingerprint density at radius 2 is 2.11 bits per heavy atom. The third kappa shape index (κ3) is 2.45. The fourth-order valence-corrected chi connectivity index (χ4v) is 2.58. The number of hydrogen-bond donors (Lipinski definition) is 1. The van der Waals surface area contributed by atoms with E-state index in [0.717, 1.165) is 28.8 Å². The minimum absolute atomic E-state index is 0.364. The predicted octanol–water partition coefficient (Wildman–Crippen LogP) is 3.36. The van der Waals surface area contributed by atoms with Crippen molar-refractivity contribution in [1.29, 1.82) is 0 Å². The first-order valence-corrected chi connectivity index (χ1v) is 6.85. The van der Waals surface area contributed by atoms with Gasteiger partial charge in [0.15, 0.2) is 5.82 Å². The van der Waals surface area contributed by atoms with E-state index in [2.05, 4.69) is 36.2 Å². The predicted molar refractivity (Wildman–Crippen MR) is 74.4 cm³/mol. The van der Waals surface area contributed by atoms with Crippen LogP contribution in [-0.4, -0.2) is 22.0 Å². The van der Waals surface area contributed by atoms with Crippen molar-refractivity contribution in [2.75, 3.05) is 12.4 Å². The Bertz CT molecular complexity index is 611. The Kier molecular flexibility index (Phi) is 3.18. The molecule has 1 saturated carbocycles. The van der Waals surface area contributed by atoms with Gasteiger partial charge in [-0.25, -0.2) is 19.3 Å². The molecule has 0 radical (unpaired) electrons. The van der Waals surface area contributed by atoms with Gasteiger partial charge in [0.1, 0.15) is 17.3 Å². The first-order valence-electron chi connectivity index (χ1n) is 6.06. The molecule has 0 aliphatic heterocycles. The number of anilines is 1. The molecule has 2 heterocycles. The SMILES string of the molecule is CNc1nc(-c2ccc(F)cn2)nc(C2CC2)c1Br. The van der Waals surface area contributed by atoms with Crippen molar-refractivity contribution >= 4 is 21.7 Å². The van der Waals surface area contributed by atoms with Crippen LogP contribution in [0.3, 0.4) is 0 Å². The molecule has 1 aliphatic rings. The molecular weight excluding hydrogens is 311 g/mol. The van der Waals surface area contributed by atoms with E-state index in [9.17, 15) is 4.39 Å². The molecule has 1 fully saturated rings. The summed E-state index contributed by atoms with van der Waals surface area (Å²) in [4.78, 5) is 13.0. The largest absolute Gasteiger partial charge is 0.372 e. The molecule has 2 aromatic rings. The van der Waals surface area contributed by atoms with Gasteiger partial charge in [-0.05, 0) is 40.9 Å². The Balaban J connectivity index is 2.10. The van der Waals surface area contributed by atoms with E-state index in [1.807, 2.05) is 7.05 Å². The Hall–Kier alpha value is -1.56. The second kappa shape index (κ2) is 4.85. The van der Waals surface area contributed by atoms with Crippen LogP contribution >= 0.6 is 15.9 Å². The number of aromatic nitrogens is 3. The molecule has 0 saturated heterocycles. The lowest BCUT2D eigenvalue weighted by Gasteiger charge is -2.10. The average Bonchev–Trinajstić information content (AvgIpc) is 3.24. The summed E-state index contributed by atoms with van der Waals surface area (Å²) in [6, 6.07) is 2.96. The van der Waals surface area contributed by atoms with Gasteiger partial charge in [-0.3, -0.25) is 0 Å². The number of nitrogens with one attached hydrogen (secondary N) is 1. The van der Waals surface area contributed by atoms with Crippen LogP contribution < -0.4 is 5.32 Å². The molecule has 19 heavy (non-hydrogen) atoms. The molecule has 4 nitrogen and oxygen atoms in total. The van der Waals surface area contributed by atoms with Crippen molar-refractivity contribution in [1.82, 2.24) is 15.0 Å². The second-order valence-electron chi connectivity index (χ2n) is 4.48. The highest BCUT2D eigenvalue weighted by atomic mass is 79.9. The molecule has 0 aromatic carbocycles. The van der Waals surface area contributed by atoms with Crippen LogP contribution in [0.25, 0.3) is 11.5 Å². The van der Waals surface area contributed by atoms with Crippen LogP contribution in [-0.2, 0) is 0 Å². The highest BCUT2D eigenvalue weighted by Crippen LogP contribution is 2.44. The van der Waals surface area contributed by atoms with Crippen LogP contribution in [0.5, 0.6) is 0 Å². The normalized spacial score (nSPS) is 14.5. The molecule has 1 N–H and O–H groups in total. The summed E-state index contributed by atoms with van der Waals surface area (Å²) in [5.74, 6) is 1.38. The summed E-state index contributed by atoms with van der Waals surface area (Å²) in [5, 5.41) is 3.04. The number of rotatable bonds is 3. The molecule has 6 heteroatoms. The third-order valence-electron chi connectivity index (χ3n) is 3.03. The van der Waals surface area contributed by atoms with E-state index in [1.54, 1.807) is 6.07 Å². The maximum atomic E-state index is 12.9. The second-order valence-corrected chi connectivity index (χ2v) is 5.27. The molecule has 0 bridgehead atoms. The number of pyridine rings is 1. The van der Waals surface area contributed by atoms with Crippen LogP contribution in [0.1, 0.15) is 24.5 Å². The fourth-order valence-electron chi connectivity index (χ4n) is 1.88. The molecule has 3 rings (SSSR count). The van der Waals surface area contributed by atoms with Gasteiger partial charge >= 0.3 is 0 Å². The molecule has 2 aromatic heterocycles. The van der Waals surface area contributed by atoms with Gasteiger partial charge in [0, 0.05) is 13.0 Å². The van der Waals surface area contributed by atoms with Gasteiger partial charge in [-0.2, -0.15) is 0 Å². The zero-order valence-electron chi connectivity index (χ0n) is 10.3. The van der Waals surface area contributed by atoms with Crippen molar-refractivity contribution in [2.45, 2.75) is 18.8 Å². The van der Waals surface area contributed by atoms with E-state index >= 15 is 0 Å². The van der Waals surface area contributed by atoms with Crippen LogP contribution in [0.4, 0.5) is 10.2 Å². The first kappa shape index (κ1) is 12.5. The van der Waals surface area contributed by atoms with Crippen molar-refractivity contribution in [3.63, 3.8) is 0 Å². The lowest BCUT2D eigenvalue weighted by atomic mass is 10.2. The van der Waals surface area contributed by atoms with Crippen molar-refractivity contribution < 1.29 is 4.39 Å². The van der Waals surface area contributed by atoms with Gasteiger partial charge in [-0.1, -0.05) is 0 Å². The van der Waals surface area contributed by atoms with Gasteiger partial charge < -0.3 is 5.32 Å². The maximum Gasteiger partial charge on any atom is 0.180 e. The van der Waals surface area contributed by atoms with Gasteiger partial charge in [0.05, 0.1) is 16.4 Å². The van der Waals surface area contributed by atoms with Gasteiger partial charge in [0.2, 0.25) is 0 Å². The van der Waals surface area contributed by atoms with Crippen molar-refractivity contribution in [2.24, 2.45) is 0 Å². The number of halogens is 2. The molecule has 0 spiro atoms. The molecule has 98 valence electrons. The van der Waals surface area contributed by atoms with Crippen molar-refractivity contribution in [3.8, 4) is 11.5 Å². The molecule has 1 aliphatic carbocycles. The minimum Gasteiger partial charge on any atom is -0.372 e.